The number of hydrogen-bond acceptors (Lipinski definition) is 2. The summed E-state index contributed by atoms with van der Waals surface area (Å²) in [5, 5.41) is 0. The summed E-state index contributed by atoms with van der Waals surface area (Å²) in [5.41, 5.74) is 1.66. The van der Waals surface area contributed by atoms with Crippen molar-refractivity contribution in [3.05, 3.63) is 37.0 Å². The molecule has 1 aliphatic carbocycles. The fourth-order valence-corrected chi connectivity index (χ4v) is 3.34. The normalized spacial score (nSPS) is 40.7. The molecule has 0 aromatic rings. The van der Waals surface area contributed by atoms with Crippen LogP contribution in [0.1, 0.15) is 26.7 Å². The standard InChI is InChI=1S/C15H20O2/c1-6-15(5)8-7-11-10(4)14(16)17-13(11)12(15)9(2)3/h6,11-13H,1-2,4,7-8H2,3,5H3/t11-,12+,13-,15-/m0/s1. The predicted molar refractivity (Wildman–Crippen MR) is 68.4 cm³/mol. The third-order valence-electron chi connectivity index (χ3n) is 4.38. The average Bonchev–Trinajstić information content (AvgIpc) is 2.54. The first-order valence-electron chi connectivity index (χ1n) is 6.09. The monoisotopic (exact) mass is 232 g/mol. The predicted octanol–water partition coefficient (Wildman–Crippen LogP) is 3.26. The molecule has 0 spiro atoms. The number of carbonyl (C=O) groups excluding carboxylic acids is 1. The summed E-state index contributed by atoms with van der Waals surface area (Å²) in [7, 11) is 0. The van der Waals surface area contributed by atoms with Crippen molar-refractivity contribution in [2.75, 3.05) is 0 Å². The molecule has 0 amide bonds. The van der Waals surface area contributed by atoms with Gasteiger partial charge in [-0.3, -0.25) is 0 Å². The Morgan fingerprint density at radius 1 is 1.59 bits per heavy atom. The summed E-state index contributed by atoms with van der Waals surface area (Å²) in [4.78, 5) is 11.6. The minimum absolute atomic E-state index is 0.0299. The van der Waals surface area contributed by atoms with Gasteiger partial charge in [-0.05, 0) is 25.2 Å². The fraction of sp³-hybridized carbons (Fsp3) is 0.533. The first-order valence-corrected chi connectivity index (χ1v) is 6.09. The number of ether oxygens (including phenoxy) is 1. The molecule has 2 aliphatic rings. The lowest BCUT2D eigenvalue weighted by Crippen LogP contribution is -2.43. The topological polar surface area (TPSA) is 26.3 Å². The van der Waals surface area contributed by atoms with Gasteiger partial charge < -0.3 is 4.74 Å². The average molecular weight is 232 g/mol. The lowest BCUT2D eigenvalue weighted by molar-refractivity contribution is -0.143. The van der Waals surface area contributed by atoms with E-state index >= 15 is 0 Å². The van der Waals surface area contributed by atoms with E-state index < -0.39 is 0 Å². The van der Waals surface area contributed by atoms with E-state index in [1.165, 1.54) is 0 Å². The van der Waals surface area contributed by atoms with E-state index in [0.717, 1.165) is 18.4 Å². The van der Waals surface area contributed by atoms with E-state index in [2.05, 4.69) is 26.7 Å². The molecule has 0 unspecified atom stereocenters. The van der Waals surface area contributed by atoms with Crippen LogP contribution in [-0.4, -0.2) is 12.1 Å². The molecule has 1 saturated carbocycles. The van der Waals surface area contributed by atoms with Crippen LogP contribution in [0, 0.1) is 17.3 Å². The van der Waals surface area contributed by atoms with Gasteiger partial charge in [0.1, 0.15) is 6.10 Å². The summed E-state index contributed by atoms with van der Waals surface area (Å²) in [6, 6.07) is 0. The number of fused-ring (bicyclic) bond motifs is 1. The highest BCUT2D eigenvalue weighted by Gasteiger charge is 2.52. The Morgan fingerprint density at radius 2 is 2.24 bits per heavy atom. The molecule has 0 radical (unpaired) electrons. The van der Waals surface area contributed by atoms with Gasteiger partial charge in [0, 0.05) is 17.4 Å². The van der Waals surface area contributed by atoms with Crippen molar-refractivity contribution in [3.8, 4) is 0 Å². The molecule has 1 aliphatic heterocycles. The number of rotatable bonds is 2. The smallest absolute Gasteiger partial charge is 0.334 e. The Bertz CT molecular complexity index is 407. The number of hydrogen-bond donors (Lipinski definition) is 0. The van der Waals surface area contributed by atoms with Gasteiger partial charge in [-0.15, -0.1) is 6.58 Å². The second-order valence-corrected chi connectivity index (χ2v) is 5.57. The van der Waals surface area contributed by atoms with Crippen molar-refractivity contribution in [2.24, 2.45) is 17.3 Å². The molecule has 92 valence electrons. The SMILES string of the molecule is C=C[C@@]1(C)CC[C@H]2C(=C)C(=O)O[C@@H]2[C@H]1C(=C)C. The molecular weight excluding hydrogens is 212 g/mol. The highest BCUT2D eigenvalue weighted by atomic mass is 16.6. The maximum absolute atomic E-state index is 11.6. The molecule has 2 rings (SSSR count). The first-order chi connectivity index (χ1) is 7.90. The van der Waals surface area contributed by atoms with Crippen molar-refractivity contribution < 1.29 is 9.53 Å². The Labute approximate surface area is 103 Å². The molecule has 17 heavy (non-hydrogen) atoms. The van der Waals surface area contributed by atoms with Gasteiger partial charge in [0.05, 0.1) is 0 Å². The van der Waals surface area contributed by atoms with Crippen LogP contribution in [-0.2, 0) is 9.53 Å². The second-order valence-electron chi connectivity index (χ2n) is 5.57. The van der Waals surface area contributed by atoms with Crippen LogP contribution < -0.4 is 0 Å². The summed E-state index contributed by atoms with van der Waals surface area (Å²) in [6.07, 6.45) is 3.84. The Balaban J connectivity index is 2.40. The van der Waals surface area contributed by atoms with Gasteiger partial charge in [0.25, 0.3) is 0 Å². The van der Waals surface area contributed by atoms with Crippen molar-refractivity contribution in [1.29, 1.82) is 0 Å². The fourth-order valence-electron chi connectivity index (χ4n) is 3.34. The minimum atomic E-state index is -0.237. The molecule has 0 aromatic heterocycles. The lowest BCUT2D eigenvalue weighted by atomic mass is 9.60. The Morgan fingerprint density at radius 3 is 2.76 bits per heavy atom. The molecule has 2 nitrogen and oxygen atoms in total. The number of carbonyl (C=O) groups is 1. The van der Waals surface area contributed by atoms with Crippen molar-refractivity contribution >= 4 is 5.97 Å². The van der Waals surface area contributed by atoms with Crippen molar-refractivity contribution in [1.82, 2.24) is 0 Å². The maximum Gasteiger partial charge on any atom is 0.334 e. The lowest BCUT2D eigenvalue weighted by Gasteiger charge is -2.45. The third-order valence-corrected chi connectivity index (χ3v) is 4.38. The van der Waals surface area contributed by atoms with Crippen LogP contribution in [0.15, 0.2) is 37.0 Å². The molecule has 1 heterocycles. The summed E-state index contributed by atoms with van der Waals surface area (Å²) >= 11 is 0. The molecule has 4 atom stereocenters. The van der Waals surface area contributed by atoms with Gasteiger partial charge in [0.2, 0.25) is 0 Å². The second kappa shape index (κ2) is 3.86. The zero-order valence-corrected chi connectivity index (χ0v) is 10.7. The largest absolute Gasteiger partial charge is 0.458 e. The van der Waals surface area contributed by atoms with Crippen LogP contribution in [0.3, 0.4) is 0 Å². The highest BCUT2D eigenvalue weighted by Crippen LogP contribution is 2.52. The summed E-state index contributed by atoms with van der Waals surface area (Å²) in [5.74, 6) is 0.0822. The van der Waals surface area contributed by atoms with E-state index in [4.69, 9.17) is 4.74 Å². The minimum Gasteiger partial charge on any atom is -0.458 e. The molecule has 1 saturated heterocycles. The van der Waals surface area contributed by atoms with Crippen LogP contribution in [0.2, 0.25) is 0 Å². The third kappa shape index (κ3) is 1.67. The van der Waals surface area contributed by atoms with Gasteiger partial charge >= 0.3 is 5.97 Å². The van der Waals surface area contributed by atoms with E-state index in [0.29, 0.717) is 5.57 Å². The van der Waals surface area contributed by atoms with Gasteiger partial charge in [0.15, 0.2) is 0 Å². The van der Waals surface area contributed by atoms with E-state index in [1.807, 2.05) is 13.0 Å². The van der Waals surface area contributed by atoms with Crippen LogP contribution in [0.25, 0.3) is 0 Å². The van der Waals surface area contributed by atoms with E-state index in [1.54, 1.807) is 0 Å². The van der Waals surface area contributed by atoms with Crippen LogP contribution >= 0.6 is 0 Å². The molecular formula is C15H20O2. The Hall–Kier alpha value is -1.31. The Kier molecular flexibility index (Phi) is 2.76. The highest BCUT2D eigenvalue weighted by molar-refractivity contribution is 5.91. The van der Waals surface area contributed by atoms with E-state index in [9.17, 15) is 4.79 Å². The molecule has 0 aromatic carbocycles. The first kappa shape index (κ1) is 12.2. The zero-order valence-electron chi connectivity index (χ0n) is 10.7. The van der Waals surface area contributed by atoms with Crippen LogP contribution in [0.4, 0.5) is 0 Å². The van der Waals surface area contributed by atoms with Gasteiger partial charge in [-0.2, -0.15) is 0 Å². The molecule has 2 fully saturated rings. The maximum atomic E-state index is 11.6. The quantitative estimate of drug-likeness (QED) is 0.415. The summed E-state index contributed by atoms with van der Waals surface area (Å²) in [6.45, 7) is 16.0. The van der Waals surface area contributed by atoms with Crippen LogP contribution in [0.5, 0.6) is 0 Å². The van der Waals surface area contributed by atoms with Crippen molar-refractivity contribution in [2.45, 2.75) is 32.8 Å². The van der Waals surface area contributed by atoms with Gasteiger partial charge in [-0.25, -0.2) is 4.79 Å². The summed E-state index contributed by atoms with van der Waals surface area (Å²) < 4.78 is 5.50. The molecule has 0 bridgehead atoms. The van der Waals surface area contributed by atoms with Crippen molar-refractivity contribution in [3.63, 3.8) is 0 Å². The number of allylic oxidation sites excluding steroid dienone is 1. The zero-order chi connectivity index (χ0) is 12.8. The molecule has 2 heteroatoms. The van der Waals surface area contributed by atoms with Gasteiger partial charge in [-0.1, -0.05) is 31.7 Å². The number of esters is 1. The van der Waals surface area contributed by atoms with E-state index in [-0.39, 0.29) is 29.3 Å². The molecule has 0 N–H and O–H groups in total.